The summed E-state index contributed by atoms with van der Waals surface area (Å²) in [5.41, 5.74) is 0. The van der Waals surface area contributed by atoms with Crippen molar-refractivity contribution in [2.75, 3.05) is 0 Å². The highest BCUT2D eigenvalue weighted by Gasteiger charge is 2.03. The van der Waals surface area contributed by atoms with E-state index in [0.29, 0.717) is 21.5 Å². The average molecular weight is 439 g/mol. The van der Waals surface area contributed by atoms with Gasteiger partial charge in [0.05, 0.1) is 0 Å². The first kappa shape index (κ1) is 19.7. The van der Waals surface area contributed by atoms with Gasteiger partial charge in [-0.3, -0.25) is 0 Å². The van der Waals surface area contributed by atoms with Crippen molar-refractivity contribution in [2.24, 2.45) is 0 Å². The Morgan fingerprint density at radius 2 is 0.897 bits per heavy atom. The maximum atomic E-state index is 5.99. The Bertz CT molecular complexity index is 1010. The first-order valence-electron chi connectivity index (χ1n) is 8.89. The number of hydrogen-bond acceptors (Lipinski definition) is 3. The topological polar surface area (TPSA) is 18.5 Å². The predicted molar refractivity (Wildman–Crippen MR) is 120 cm³/mol. The maximum Gasteiger partial charge on any atom is 0.128 e. The Morgan fingerprint density at radius 1 is 0.483 bits per heavy atom. The highest BCUT2D eigenvalue weighted by molar-refractivity contribution is 7.99. The third kappa shape index (κ3) is 5.70. The molecule has 0 aliphatic heterocycles. The van der Waals surface area contributed by atoms with E-state index in [9.17, 15) is 0 Å². The normalized spacial score (nSPS) is 10.6. The number of halogens is 2. The molecular formula is C24H16Cl2O2S. The van der Waals surface area contributed by atoms with Gasteiger partial charge in [-0.2, -0.15) is 0 Å². The smallest absolute Gasteiger partial charge is 0.128 e. The lowest BCUT2D eigenvalue weighted by Crippen LogP contribution is -1.84. The minimum atomic E-state index is 0.650. The average Bonchev–Trinajstić information content (AvgIpc) is 2.71. The van der Waals surface area contributed by atoms with Gasteiger partial charge in [0.2, 0.25) is 0 Å². The summed E-state index contributed by atoms with van der Waals surface area (Å²) < 4.78 is 11.7. The van der Waals surface area contributed by atoms with Crippen molar-refractivity contribution in [3.63, 3.8) is 0 Å². The molecule has 0 fully saturated rings. The standard InChI is InChI=1S/C24H16Cl2O2S/c25-17-3-1-5-21(15-17)27-19-7-11-23(12-8-19)29-24-13-9-20(10-14-24)28-22-6-2-4-18(26)16-22/h1-16H. The van der Waals surface area contributed by atoms with Crippen LogP contribution in [0.25, 0.3) is 0 Å². The lowest BCUT2D eigenvalue weighted by atomic mass is 10.3. The molecule has 5 heteroatoms. The summed E-state index contributed by atoms with van der Waals surface area (Å²) in [6.07, 6.45) is 0. The summed E-state index contributed by atoms with van der Waals surface area (Å²) in [4.78, 5) is 2.24. The van der Waals surface area contributed by atoms with Crippen molar-refractivity contribution in [1.29, 1.82) is 0 Å². The molecule has 0 bridgehead atoms. The molecule has 0 saturated heterocycles. The molecule has 0 amide bonds. The molecule has 144 valence electrons. The van der Waals surface area contributed by atoms with Crippen molar-refractivity contribution in [2.45, 2.75) is 9.79 Å². The fourth-order valence-electron chi connectivity index (χ4n) is 2.62. The predicted octanol–water partition coefficient (Wildman–Crippen LogP) is 8.73. The summed E-state index contributed by atoms with van der Waals surface area (Å²) in [7, 11) is 0. The molecule has 0 heterocycles. The fourth-order valence-corrected chi connectivity index (χ4v) is 3.80. The zero-order chi connectivity index (χ0) is 20.1. The number of benzene rings is 4. The van der Waals surface area contributed by atoms with Crippen LogP contribution in [0.5, 0.6) is 23.0 Å². The quantitative estimate of drug-likeness (QED) is 0.299. The van der Waals surface area contributed by atoms with Gasteiger partial charge in [-0.05, 0) is 84.9 Å². The first-order valence-corrected chi connectivity index (χ1v) is 10.5. The zero-order valence-electron chi connectivity index (χ0n) is 15.2. The summed E-state index contributed by atoms with van der Waals surface area (Å²) >= 11 is 13.7. The van der Waals surface area contributed by atoms with Crippen LogP contribution in [0.1, 0.15) is 0 Å². The molecule has 4 aromatic rings. The number of ether oxygens (including phenoxy) is 2. The molecule has 0 aromatic heterocycles. The summed E-state index contributed by atoms with van der Waals surface area (Å²) in [6, 6.07) is 30.6. The third-order valence-electron chi connectivity index (χ3n) is 3.95. The molecule has 0 N–H and O–H groups in total. The van der Waals surface area contributed by atoms with Gasteiger partial charge in [-0.1, -0.05) is 47.1 Å². The molecule has 0 aliphatic rings. The second kappa shape index (κ2) is 9.27. The van der Waals surface area contributed by atoms with E-state index in [4.69, 9.17) is 32.7 Å². The number of hydrogen-bond donors (Lipinski definition) is 0. The van der Waals surface area contributed by atoms with Crippen LogP contribution in [0.4, 0.5) is 0 Å². The van der Waals surface area contributed by atoms with Crippen molar-refractivity contribution >= 4 is 35.0 Å². The first-order chi connectivity index (χ1) is 14.1. The zero-order valence-corrected chi connectivity index (χ0v) is 17.5. The second-order valence-electron chi connectivity index (χ2n) is 6.16. The summed E-state index contributed by atoms with van der Waals surface area (Å²) in [6.45, 7) is 0. The molecule has 4 rings (SSSR count). The van der Waals surface area contributed by atoms with Crippen LogP contribution in [0.15, 0.2) is 107 Å². The van der Waals surface area contributed by atoms with Gasteiger partial charge in [0, 0.05) is 19.8 Å². The Morgan fingerprint density at radius 3 is 1.28 bits per heavy atom. The van der Waals surface area contributed by atoms with E-state index in [0.717, 1.165) is 21.3 Å². The van der Waals surface area contributed by atoms with Crippen molar-refractivity contribution in [3.8, 4) is 23.0 Å². The Balaban J connectivity index is 1.37. The van der Waals surface area contributed by atoms with E-state index in [-0.39, 0.29) is 0 Å². The molecule has 4 aromatic carbocycles. The molecule has 0 spiro atoms. The van der Waals surface area contributed by atoms with Gasteiger partial charge in [0.15, 0.2) is 0 Å². The van der Waals surface area contributed by atoms with E-state index in [1.54, 1.807) is 23.9 Å². The molecule has 0 aliphatic carbocycles. The molecule has 0 radical (unpaired) electrons. The van der Waals surface area contributed by atoms with Crippen LogP contribution in [0.3, 0.4) is 0 Å². The maximum absolute atomic E-state index is 5.99. The largest absolute Gasteiger partial charge is 0.457 e. The van der Waals surface area contributed by atoms with E-state index in [1.807, 2.05) is 84.9 Å². The summed E-state index contributed by atoms with van der Waals surface area (Å²) in [5, 5.41) is 1.30. The highest BCUT2D eigenvalue weighted by Crippen LogP contribution is 2.32. The van der Waals surface area contributed by atoms with Crippen LogP contribution in [0.2, 0.25) is 10.0 Å². The van der Waals surface area contributed by atoms with Crippen LogP contribution in [-0.2, 0) is 0 Å². The van der Waals surface area contributed by atoms with Gasteiger partial charge in [-0.25, -0.2) is 0 Å². The van der Waals surface area contributed by atoms with Crippen molar-refractivity contribution < 1.29 is 9.47 Å². The molecular weight excluding hydrogens is 423 g/mol. The monoisotopic (exact) mass is 438 g/mol. The van der Waals surface area contributed by atoms with Gasteiger partial charge in [0.25, 0.3) is 0 Å². The van der Waals surface area contributed by atoms with Crippen molar-refractivity contribution in [1.82, 2.24) is 0 Å². The van der Waals surface area contributed by atoms with Gasteiger partial charge in [0.1, 0.15) is 23.0 Å². The second-order valence-corrected chi connectivity index (χ2v) is 8.18. The number of rotatable bonds is 6. The van der Waals surface area contributed by atoms with Crippen LogP contribution in [-0.4, -0.2) is 0 Å². The van der Waals surface area contributed by atoms with E-state index < -0.39 is 0 Å². The lowest BCUT2D eigenvalue weighted by Gasteiger charge is -2.08. The summed E-state index contributed by atoms with van der Waals surface area (Å²) in [5.74, 6) is 2.96. The molecule has 2 nitrogen and oxygen atoms in total. The van der Waals surface area contributed by atoms with Crippen LogP contribution < -0.4 is 9.47 Å². The van der Waals surface area contributed by atoms with Crippen LogP contribution >= 0.6 is 35.0 Å². The lowest BCUT2D eigenvalue weighted by molar-refractivity contribution is 0.482. The van der Waals surface area contributed by atoms with E-state index in [1.165, 1.54) is 0 Å². The SMILES string of the molecule is Clc1cccc(Oc2ccc(Sc3ccc(Oc4cccc(Cl)c4)cc3)cc2)c1. The van der Waals surface area contributed by atoms with E-state index >= 15 is 0 Å². The minimum absolute atomic E-state index is 0.650. The fraction of sp³-hybridized carbons (Fsp3) is 0. The van der Waals surface area contributed by atoms with Crippen LogP contribution in [0, 0.1) is 0 Å². The molecule has 0 atom stereocenters. The van der Waals surface area contributed by atoms with Gasteiger partial charge < -0.3 is 9.47 Å². The third-order valence-corrected chi connectivity index (χ3v) is 5.43. The Hall–Kier alpha value is -2.59. The molecule has 0 unspecified atom stereocenters. The highest BCUT2D eigenvalue weighted by atomic mass is 35.5. The minimum Gasteiger partial charge on any atom is -0.457 e. The van der Waals surface area contributed by atoms with E-state index in [2.05, 4.69) is 0 Å². The Labute approximate surface area is 184 Å². The van der Waals surface area contributed by atoms with Gasteiger partial charge >= 0.3 is 0 Å². The van der Waals surface area contributed by atoms with Crippen molar-refractivity contribution in [3.05, 3.63) is 107 Å². The molecule has 29 heavy (non-hydrogen) atoms. The van der Waals surface area contributed by atoms with Gasteiger partial charge in [-0.15, -0.1) is 0 Å². The molecule has 0 saturated carbocycles. The Kier molecular flexibility index (Phi) is 6.30.